The Bertz CT molecular complexity index is 1200. The topological polar surface area (TPSA) is 84.5 Å². The lowest BCUT2D eigenvalue weighted by atomic mass is 10.0. The first kappa shape index (κ1) is 21.4. The number of amides is 1. The third-order valence-electron chi connectivity index (χ3n) is 4.72. The number of methoxy groups -OCH3 is 1. The number of hydrogen-bond acceptors (Lipinski definition) is 4. The van der Waals surface area contributed by atoms with Gasteiger partial charge in [0.25, 0.3) is 15.9 Å². The molecule has 0 aliphatic rings. The van der Waals surface area contributed by atoms with Gasteiger partial charge >= 0.3 is 0 Å². The Kier molecular flexibility index (Phi) is 6.12. The number of ether oxygens (including phenoxy) is 1. The minimum Gasteiger partial charge on any atom is -0.495 e. The summed E-state index contributed by atoms with van der Waals surface area (Å²) in [6.45, 7) is 5.47. The molecule has 7 heteroatoms. The maximum absolute atomic E-state index is 13.0. The summed E-state index contributed by atoms with van der Waals surface area (Å²) in [4.78, 5) is 12.8. The number of sulfonamides is 1. The van der Waals surface area contributed by atoms with E-state index in [0.29, 0.717) is 28.3 Å². The average Bonchev–Trinajstić information content (AvgIpc) is 2.71. The average molecular weight is 425 g/mol. The summed E-state index contributed by atoms with van der Waals surface area (Å²) in [5, 5.41) is 2.80. The third kappa shape index (κ3) is 4.63. The van der Waals surface area contributed by atoms with Crippen molar-refractivity contribution in [3.63, 3.8) is 0 Å². The van der Waals surface area contributed by atoms with Gasteiger partial charge in [0.15, 0.2) is 0 Å². The van der Waals surface area contributed by atoms with Crippen molar-refractivity contribution in [1.82, 2.24) is 0 Å². The molecule has 156 valence electrons. The number of carbonyl (C=O) groups is 1. The monoisotopic (exact) mass is 424 g/mol. The van der Waals surface area contributed by atoms with Crippen molar-refractivity contribution in [2.45, 2.75) is 25.7 Å². The molecule has 0 unspecified atom stereocenters. The summed E-state index contributed by atoms with van der Waals surface area (Å²) in [5.74, 6) is 0.124. The molecule has 0 radical (unpaired) electrons. The second-order valence-corrected chi connectivity index (χ2v) is 8.71. The molecule has 0 fully saturated rings. The Morgan fingerprint density at radius 2 is 1.60 bits per heavy atom. The molecular formula is C23H24N2O4S. The summed E-state index contributed by atoms with van der Waals surface area (Å²) in [6, 6.07) is 17.2. The van der Waals surface area contributed by atoms with E-state index in [1.807, 2.05) is 26.0 Å². The molecule has 0 bridgehead atoms. The number of nitrogens with one attached hydrogen (secondary N) is 2. The zero-order chi connectivity index (χ0) is 21.9. The molecule has 0 aliphatic heterocycles. The molecular weight excluding hydrogens is 400 g/mol. The van der Waals surface area contributed by atoms with Gasteiger partial charge in [-0.1, -0.05) is 35.9 Å². The van der Waals surface area contributed by atoms with Crippen molar-refractivity contribution < 1.29 is 17.9 Å². The van der Waals surface area contributed by atoms with Crippen molar-refractivity contribution in [2.75, 3.05) is 17.1 Å². The van der Waals surface area contributed by atoms with Crippen molar-refractivity contribution >= 4 is 27.3 Å². The van der Waals surface area contributed by atoms with Gasteiger partial charge in [-0.05, 0) is 62.2 Å². The lowest BCUT2D eigenvalue weighted by Crippen LogP contribution is -2.17. The highest BCUT2D eigenvalue weighted by molar-refractivity contribution is 7.92. The van der Waals surface area contributed by atoms with E-state index in [1.54, 1.807) is 49.4 Å². The van der Waals surface area contributed by atoms with Crippen molar-refractivity contribution in [2.24, 2.45) is 0 Å². The molecule has 2 N–H and O–H groups in total. The fraction of sp³-hybridized carbons (Fsp3) is 0.174. The quantitative estimate of drug-likeness (QED) is 0.602. The van der Waals surface area contributed by atoms with Gasteiger partial charge in [0.1, 0.15) is 5.75 Å². The second-order valence-electron chi connectivity index (χ2n) is 7.06. The van der Waals surface area contributed by atoms with E-state index in [1.165, 1.54) is 13.2 Å². The molecule has 3 rings (SSSR count). The first-order chi connectivity index (χ1) is 14.2. The first-order valence-electron chi connectivity index (χ1n) is 9.36. The van der Waals surface area contributed by atoms with Gasteiger partial charge in [0, 0.05) is 11.3 Å². The highest BCUT2D eigenvalue weighted by Gasteiger charge is 2.20. The van der Waals surface area contributed by atoms with E-state index in [2.05, 4.69) is 10.0 Å². The minimum atomic E-state index is -3.90. The van der Waals surface area contributed by atoms with Crippen LogP contribution in [-0.2, 0) is 10.0 Å². The second kappa shape index (κ2) is 8.59. The van der Waals surface area contributed by atoms with E-state index in [-0.39, 0.29) is 10.8 Å². The smallest absolute Gasteiger partial charge is 0.262 e. The van der Waals surface area contributed by atoms with Crippen LogP contribution in [0, 0.1) is 20.8 Å². The van der Waals surface area contributed by atoms with E-state index in [9.17, 15) is 13.2 Å². The summed E-state index contributed by atoms with van der Waals surface area (Å²) in [5.41, 5.74) is 3.65. The zero-order valence-electron chi connectivity index (χ0n) is 17.3. The molecule has 0 aromatic heterocycles. The molecule has 3 aromatic carbocycles. The van der Waals surface area contributed by atoms with Crippen LogP contribution in [0.1, 0.15) is 27.0 Å². The standard InChI is InChI=1S/C23H24N2O4S/c1-15-9-10-16(2)19(13-15)23(26)24-18-12-11-17(3)22(14-18)30(27,28)25-20-7-5-6-8-21(20)29-4/h5-14,25H,1-4H3,(H,24,26). The summed E-state index contributed by atoms with van der Waals surface area (Å²) < 4.78 is 33.8. The van der Waals surface area contributed by atoms with Crippen molar-refractivity contribution in [3.05, 3.63) is 82.9 Å². The van der Waals surface area contributed by atoms with Gasteiger partial charge < -0.3 is 10.1 Å². The Labute approximate surface area is 177 Å². The normalized spacial score (nSPS) is 11.1. The van der Waals surface area contributed by atoms with E-state index < -0.39 is 10.0 Å². The predicted octanol–water partition coefficient (Wildman–Crippen LogP) is 4.67. The SMILES string of the molecule is COc1ccccc1NS(=O)(=O)c1cc(NC(=O)c2cc(C)ccc2C)ccc1C. The summed E-state index contributed by atoms with van der Waals surface area (Å²) in [7, 11) is -2.42. The first-order valence-corrected chi connectivity index (χ1v) is 10.8. The van der Waals surface area contributed by atoms with Crippen LogP contribution in [0.25, 0.3) is 0 Å². The van der Waals surface area contributed by atoms with Crippen LogP contribution < -0.4 is 14.8 Å². The molecule has 0 saturated carbocycles. The van der Waals surface area contributed by atoms with Crippen molar-refractivity contribution in [3.8, 4) is 5.75 Å². The van der Waals surface area contributed by atoms with Gasteiger partial charge in [0.2, 0.25) is 0 Å². The lowest BCUT2D eigenvalue weighted by molar-refractivity contribution is 0.102. The predicted molar refractivity (Wildman–Crippen MR) is 119 cm³/mol. The van der Waals surface area contributed by atoms with Crippen LogP contribution in [0.15, 0.2) is 65.6 Å². The molecule has 0 spiro atoms. The molecule has 0 saturated heterocycles. The summed E-state index contributed by atoms with van der Waals surface area (Å²) >= 11 is 0. The fourth-order valence-corrected chi connectivity index (χ4v) is 4.42. The van der Waals surface area contributed by atoms with Crippen LogP contribution in [0.2, 0.25) is 0 Å². The minimum absolute atomic E-state index is 0.0761. The number of aryl methyl sites for hydroxylation is 3. The van der Waals surface area contributed by atoms with Gasteiger partial charge in [-0.2, -0.15) is 0 Å². The van der Waals surface area contributed by atoms with Crippen LogP contribution in [0.4, 0.5) is 11.4 Å². The molecule has 0 heterocycles. The van der Waals surface area contributed by atoms with Gasteiger partial charge in [-0.3, -0.25) is 9.52 Å². The van der Waals surface area contributed by atoms with Gasteiger partial charge in [-0.25, -0.2) is 8.42 Å². The summed E-state index contributed by atoms with van der Waals surface area (Å²) in [6.07, 6.45) is 0. The van der Waals surface area contributed by atoms with Crippen LogP contribution in [-0.4, -0.2) is 21.4 Å². The third-order valence-corrected chi connectivity index (χ3v) is 6.23. The molecule has 30 heavy (non-hydrogen) atoms. The highest BCUT2D eigenvalue weighted by Crippen LogP contribution is 2.28. The number of benzene rings is 3. The zero-order valence-corrected chi connectivity index (χ0v) is 18.1. The molecule has 1 amide bonds. The van der Waals surface area contributed by atoms with Crippen LogP contribution >= 0.6 is 0 Å². The Morgan fingerprint density at radius 1 is 0.900 bits per heavy atom. The van der Waals surface area contributed by atoms with E-state index in [0.717, 1.165) is 11.1 Å². The Morgan fingerprint density at radius 3 is 2.33 bits per heavy atom. The molecule has 0 aliphatic carbocycles. The Balaban J connectivity index is 1.91. The largest absolute Gasteiger partial charge is 0.495 e. The number of hydrogen-bond donors (Lipinski definition) is 2. The number of carbonyl (C=O) groups excluding carboxylic acids is 1. The van der Waals surface area contributed by atoms with E-state index >= 15 is 0 Å². The van der Waals surface area contributed by atoms with Crippen LogP contribution in [0.3, 0.4) is 0 Å². The number of rotatable bonds is 6. The molecule has 3 aromatic rings. The molecule has 6 nitrogen and oxygen atoms in total. The maximum atomic E-state index is 13.0. The number of para-hydroxylation sites is 2. The fourth-order valence-electron chi connectivity index (χ4n) is 3.07. The number of anilines is 2. The van der Waals surface area contributed by atoms with Gasteiger partial charge in [0.05, 0.1) is 17.7 Å². The van der Waals surface area contributed by atoms with Crippen molar-refractivity contribution in [1.29, 1.82) is 0 Å². The maximum Gasteiger partial charge on any atom is 0.262 e. The van der Waals surface area contributed by atoms with E-state index in [4.69, 9.17) is 4.74 Å². The lowest BCUT2D eigenvalue weighted by Gasteiger charge is -2.15. The molecule has 0 atom stereocenters. The van der Waals surface area contributed by atoms with Crippen LogP contribution in [0.5, 0.6) is 5.75 Å². The van der Waals surface area contributed by atoms with Gasteiger partial charge in [-0.15, -0.1) is 0 Å². The Hall–Kier alpha value is -3.32. The highest BCUT2D eigenvalue weighted by atomic mass is 32.2.